The smallest absolute Gasteiger partial charge is 0.354 e. The van der Waals surface area contributed by atoms with Crippen molar-refractivity contribution in [1.82, 2.24) is 4.57 Å². The predicted molar refractivity (Wildman–Crippen MR) is 51.4 cm³/mol. The fraction of sp³-hybridized carbons (Fsp3) is 0.333. The fourth-order valence-electron chi connectivity index (χ4n) is 1.15. The second-order valence-corrected chi connectivity index (χ2v) is 2.98. The Kier molecular flexibility index (Phi) is 3.46. The largest absolute Gasteiger partial charge is 0.480 e. The molecular weight excluding hydrogens is 200 g/mol. The van der Waals surface area contributed by atoms with E-state index in [1.54, 1.807) is 18.3 Å². The number of carbonyl (C=O) groups excluding carboxylic acids is 1. The Balaban J connectivity index is 2.82. The highest BCUT2D eigenvalue weighted by atomic mass is 16.5. The lowest BCUT2D eigenvalue weighted by molar-refractivity contribution is -0.138. The Morgan fingerprint density at radius 1 is 1.67 bits per heavy atom. The molecule has 0 bridgehead atoms. The third-order valence-electron chi connectivity index (χ3n) is 1.93. The molecular formula is C9H12N2O4. The third kappa shape index (κ3) is 2.57. The summed E-state index contributed by atoms with van der Waals surface area (Å²) in [5.41, 5.74) is 5.63. The highest BCUT2D eigenvalue weighted by molar-refractivity contribution is 5.87. The Morgan fingerprint density at radius 3 is 2.87 bits per heavy atom. The number of hydrogen-bond donors (Lipinski definition) is 2. The third-order valence-corrected chi connectivity index (χ3v) is 1.93. The number of aromatic nitrogens is 1. The van der Waals surface area contributed by atoms with Gasteiger partial charge >= 0.3 is 11.9 Å². The van der Waals surface area contributed by atoms with Crippen LogP contribution in [-0.4, -0.2) is 34.8 Å². The van der Waals surface area contributed by atoms with Crippen molar-refractivity contribution in [2.75, 3.05) is 7.11 Å². The molecule has 0 saturated heterocycles. The number of methoxy groups -OCH3 is 1. The Labute approximate surface area is 86.2 Å². The molecule has 0 spiro atoms. The van der Waals surface area contributed by atoms with E-state index < -0.39 is 18.0 Å². The summed E-state index contributed by atoms with van der Waals surface area (Å²) in [5, 5.41) is 8.61. The average Bonchev–Trinajstić information content (AvgIpc) is 2.64. The lowest BCUT2D eigenvalue weighted by atomic mass is 10.3. The van der Waals surface area contributed by atoms with E-state index in [1.807, 2.05) is 0 Å². The summed E-state index contributed by atoms with van der Waals surface area (Å²) in [6, 6.07) is 2.13. The van der Waals surface area contributed by atoms with E-state index in [0.717, 1.165) is 0 Å². The summed E-state index contributed by atoms with van der Waals surface area (Å²) in [6.45, 7) is 0.0345. The summed E-state index contributed by atoms with van der Waals surface area (Å²) >= 11 is 0. The lowest BCUT2D eigenvalue weighted by Crippen LogP contribution is -2.35. The van der Waals surface area contributed by atoms with Crippen molar-refractivity contribution in [1.29, 1.82) is 0 Å². The molecule has 82 valence electrons. The average molecular weight is 212 g/mol. The van der Waals surface area contributed by atoms with Gasteiger partial charge in [0.2, 0.25) is 0 Å². The maximum absolute atomic E-state index is 11.2. The Bertz CT molecular complexity index is 372. The molecule has 0 amide bonds. The number of hydrogen-bond acceptors (Lipinski definition) is 4. The molecule has 1 rings (SSSR count). The van der Waals surface area contributed by atoms with Crippen LogP contribution < -0.4 is 5.73 Å². The van der Waals surface area contributed by atoms with Crippen LogP contribution in [-0.2, 0) is 16.1 Å². The second kappa shape index (κ2) is 4.61. The van der Waals surface area contributed by atoms with Crippen LogP contribution in [0.3, 0.4) is 0 Å². The standard InChI is InChI=1S/C9H12N2O4/c1-15-9(14)7-3-2-4-11(7)5-6(10)8(12)13/h2-4,6H,5,10H2,1H3,(H,12,13). The van der Waals surface area contributed by atoms with Gasteiger partial charge in [0.15, 0.2) is 0 Å². The number of carboxylic acids is 1. The molecule has 1 unspecified atom stereocenters. The van der Waals surface area contributed by atoms with Gasteiger partial charge in [-0.15, -0.1) is 0 Å². The molecule has 0 aliphatic rings. The maximum atomic E-state index is 11.2. The minimum atomic E-state index is -1.11. The van der Waals surface area contributed by atoms with E-state index in [0.29, 0.717) is 0 Å². The summed E-state index contributed by atoms with van der Waals surface area (Å²) in [4.78, 5) is 21.7. The van der Waals surface area contributed by atoms with Crippen LogP contribution >= 0.6 is 0 Å². The molecule has 1 aromatic rings. The highest BCUT2D eigenvalue weighted by Gasteiger charge is 2.16. The van der Waals surface area contributed by atoms with Gasteiger partial charge in [0, 0.05) is 12.7 Å². The van der Waals surface area contributed by atoms with Crippen LogP contribution in [0.2, 0.25) is 0 Å². The zero-order valence-electron chi connectivity index (χ0n) is 8.21. The van der Waals surface area contributed by atoms with Gasteiger partial charge in [-0.1, -0.05) is 0 Å². The lowest BCUT2D eigenvalue weighted by Gasteiger charge is -2.10. The fourth-order valence-corrected chi connectivity index (χ4v) is 1.15. The Morgan fingerprint density at radius 2 is 2.33 bits per heavy atom. The second-order valence-electron chi connectivity index (χ2n) is 2.98. The van der Waals surface area contributed by atoms with Crippen LogP contribution in [0.4, 0.5) is 0 Å². The van der Waals surface area contributed by atoms with Crippen molar-refractivity contribution in [2.24, 2.45) is 5.73 Å². The van der Waals surface area contributed by atoms with E-state index in [2.05, 4.69) is 4.74 Å². The first-order valence-corrected chi connectivity index (χ1v) is 4.28. The number of carbonyl (C=O) groups is 2. The molecule has 6 nitrogen and oxygen atoms in total. The minimum absolute atomic E-state index is 0.0345. The van der Waals surface area contributed by atoms with Gasteiger partial charge in [0.05, 0.1) is 7.11 Å². The monoisotopic (exact) mass is 212 g/mol. The van der Waals surface area contributed by atoms with Crippen molar-refractivity contribution in [3.05, 3.63) is 24.0 Å². The van der Waals surface area contributed by atoms with Crippen LogP contribution in [0.25, 0.3) is 0 Å². The van der Waals surface area contributed by atoms with E-state index in [-0.39, 0.29) is 12.2 Å². The predicted octanol–water partition coefficient (Wildman–Crippen LogP) is -0.313. The van der Waals surface area contributed by atoms with Gasteiger partial charge < -0.3 is 20.1 Å². The summed E-state index contributed by atoms with van der Waals surface area (Å²) in [7, 11) is 1.26. The van der Waals surface area contributed by atoms with Gasteiger partial charge in [-0.25, -0.2) is 4.79 Å². The van der Waals surface area contributed by atoms with Crippen LogP contribution in [0.1, 0.15) is 10.5 Å². The Hall–Kier alpha value is -1.82. The van der Waals surface area contributed by atoms with Crippen molar-refractivity contribution in [2.45, 2.75) is 12.6 Å². The first kappa shape index (κ1) is 11.3. The zero-order valence-corrected chi connectivity index (χ0v) is 8.21. The number of carboxylic acid groups (broad SMARTS) is 1. The molecule has 0 aliphatic heterocycles. The van der Waals surface area contributed by atoms with Gasteiger partial charge in [0.25, 0.3) is 0 Å². The summed E-state index contributed by atoms with van der Waals surface area (Å²) < 4.78 is 5.98. The number of nitrogens with two attached hydrogens (primary N) is 1. The number of ether oxygens (including phenoxy) is 1. The van der Waals surface area contributed by atoms with Gasteiger partial charge in [-0.05, 0) is 12.1 Å². The van der Waals surface area contributed by atoms with Crippen molar-refractivity contribution in [3.8, 4) is 0 Å². The van der Waals surface area contributed by atoms with Gasteiger partial charge in [-0.2, -0.15) is 0 Å². The first-order valence-electron chi connectivity index (χ1n) is 4.28. The summed E-state index contributed by atoms with van der Waals surface area (Å²) in [5.74, 6) is -1.63. The van der Waals surface area contributed by atoms with Crippen molar-refractivity contribution < 1.29 is 19.4 Å². The maximum Gasteiger partial charge on any atom is 0.354 e. The van der Waals surface area contributed by atoms with Crippen LogP contribution in [0.5, 0.6) is 0 Å². The van der Waals surface area contributed by atoms with Crippen molar-refractivity contribution >= 4 is 11.9 Å². The molecule has 1 atom stereocenters. The van der Waals surface area contributed by atoms with Gasteiger partial charge in [-0.3, -0.25) is 4.79 Å². The highest BCUT2D eigenvalue weighted by Crippen LogP contribution is 2.04. The molecule has 15 heavy (non-hydrogen) atoms. The minimum Gasteiger partial charge on any atom is -0.480 e. The van der Waals surface area contributed by atoms with Gasteiger partial charge in [0.1, 0.15) is 11.7 Å². The SMILES string of the molecule is COC(=O)c1cccn1CC(N)C(=O)O. The summed E-state index contributed by atoms with van der Waals surface area (Å²) in [6.07, 6.45) is 1.58. The molecule has 1 aromatic heterocycles. The molecule has 0 aliphatic carbocycles. The van der Waals surface area contributed by atoms with Crippen LogP contribution in [0.15, 0.2) is 18.3 Å². The van der Waals surface area contributed by atoms with Crippen LogP contribution in [0, 0.1) is 0 Å². The molecule has 1 heterocycles. The molecule has 0 aromatic carbocycles. The first-order chi connectivity index (χ1) is 7.06. The number of rotatable bonds is 4. The topological polar surface area (TPSA) is 94.5 Å². The van der Waals surface area contributed by atoms with Crippen molar-refractivity contribution in [3.63, 3.8) is 0 Å². The zero-order chi connectivity index (χ0) is 11.4. The molecule has 0 radical (unpaired) electrons. The quantitative estimate of drug-likeness (QED) is 0.667. The number of aliphatic carboxylic acids is 1. The van der Waals surface area contributed by atoms with E-state index in [1.165, 1.54) is 11.7 Å². The molecule has 3 N–H and O–H groups in total. The number of nitrogens with zero attached hydrogens (tertiary/aromatic N) is 1. The molecule has 0 saturated carbocycles. The van der Waals surface area contributed by atoms with E-state index in [4.69, 9.17) is 10.8 Å². The number of esters is 1. The van der Waals surface area contributed by atoms with E-state index in [9.17, 15) is 9.59 Å². The van der Waals surface area contributed by atoms with E-state index >= 15 is 0 Å². The normalized spacial score (nSPS) is 12.1. The molecule has 0 fully saturated rings. The molecule has 6 heteroatoms.